The van der Waals surface area contributed by atoms with Gasteiger partial charge in [0.05, 0.1) is 6.61 Å². The standard InChI is InChI=1S/C20H30O7/c1-8-6-12-11(4)14(22)9(2)10(3)18(12)27-20(8,5)19-17(25)16(24)15(23)13(7-21)26-19/h8,13,15-17,19,21-25H,6-7H2,1-5H3/t8?,13-,15-,16+,17-,19-,20?/m1/s1. The molecule has 0 saturated carbocycles. The number of ether oxygens (including phenoxy) is 2. The van der Waals surface area contributed by atoms with Gasteiger partial charge in [0, 0.05) is 11.5 Å². The highest BCUT2D eigenvalue weighted by Crippen LogP contribution is 2.48. The molecule has 7 atom stereocenters. The number of hydrogen-bond donors (Lipinski definition) is 5. The molecule has 152 valence electrons. The van der Waals surface area contributed by atoms with Crippen molar-refractivity contribution in [1.82, 2.24) is 0 Å². The zero-order valence-corrected chi connectivity index (χ0v) is 16.4. The molecule has 3 rings (SSSR count). The first-order valence-corrected chi connectivity index (χ1v) is 9.35. The summed E-state index contributed by atoms with van der Waals surface area (Å²) in [5.41, 5.74) is 2.25. The zero-order chi connectivity index (χ0) is 20.3. The van der Waals surface area contributed by atoms with Crippen LogP contribution in [0.4, 0.5) is 0 Å². The van der Waals surface area contributed by atoms with Crippen molar-refractivity contribution in [3.05, 3.63) is 22.3 Å². The van der Waals surface area contributed by atoms with Crippen LogP contribution in [0.5, 0.6) is 11.5 Å². The molecule has 0 spiro atoms. The molecule has 0 aliphatic carbocycles. The Labute approximate surface area is 159 Å². The van der Waals surface area contributed by atoms with E-state index in [9.17, 15) is 25.5 Å². The van der Waals surface area contributed by atoms with Gasteiger partial charge in [-0.2, -0.15) is 0 Å². The van der Waals surface area contributed by atoms with E-state index >= 15 is 0 Å². The van der Waals surface area contributed by atoms with Gasteiger partial charge in [-0.25, -0.2) is 0 Å². The lowest BCUT2D eigenvalue weighted by Crippen LogP contribution is -2.68. The molecular weight excluding hydrogens is 352 g/mol. The van der Waals surface area contributed by atoms with Gasteiger partial charge in [0.15, 0.2) is 0 Å². The second kappa shape index (κ2) is 6.90. The SMILES string of the molecule is Cc1c(C)c2c(c(C)c1O)CC(C)C(C)([C@@H]1O[C@H](CO)[C@@H](O)[C@H](O)[C@H]1O)O2. The quantitative estimate of drug-likeness (QED) is 0.505. The van der Waals surface area contributed by atoms with E-state index in [1.165, 1.54) is 0 Å². The third-order valence-electron chi connectivity index (χ3n) is 6.61. The molecule has 1 fully saturated rings. The molecule has 1 aromatic rings. The molecular formula is C20H30O7. The van der Waals surface area contributed by atoms with Gasteiger partial charge < -0.3 is 35.0 Å². The first kappa shape index (κ1) is 20.4. The third-order valence-corrected chi connectivity index (χ3v) is 6.61. The highest BCUT2D eigenvalue weighted by molar-refractivity contribution is 5.58. The average molecular weight is 382 g/mol. The van der Waals surface area contributed by atoms with Crippen molar-refractivity contribution >= 4 is 0 Å². The van der Waals surface area contributed by atoms with Crippen molar-refractivity contribution in [3.8, 4) is 11.5 Å². The Morgan fingerprint density at radius 3 is 2.22 bits per heavy atom. The van der Waals surface area contributed by atoms with Crippen molar-refractivity contribution < 1.29 is 35.0 Å². The lowest BCUT2D eigenvalue weighted by molar-refractivity contribution is -0.271. The Kier molecular flexibility index (Phi) is 5.20. The number of benzene rings is 1. The number of phenols is 1. The molecule has 1 aromatic carbocycles. The van der Waals surface area contributed by atoms with Gasteiger partial charge in [-0.05, 0) is 50.8 Å². The van der Waals surface area contributed by atoms with Crippen molar-refractivity contribution in [3.63, 3.8) is 0 Å². The summed E-state index contributed by atoms with van der Waals surface area (Å²) >= 11 is 0. The molecule has 7 heteroatoms. The Hall–Kier alpha value is -1.38. The minimum atomic E-state index is -1.45. The molecule has 7 nitrogen and oxygen atoms in total. The molecule has 2 heterocycles. The number of aromatic hydroxyl groups is 1. The Morgan fingerprint density at radius 2 is 1.63 bits per heavy atom. The molecule has 0 amide bonds. The van der Waals surface area contributed by atoms with Crippen molar-refractivity contribution in [2.75, 3.05) is 6.61 Å². The van der Waals surface area contributed by atoms with E-state index in [1.807, 2.05) is 34.6 Å². The summed E-state index contributed by atoms with van der Waals surface area (Å²) in [5.74, 6) is 0.797. The van der Waals surface area contributed by atoms with Crippen molar-refractivity contribution in [2.45, 2.75) is 77.2 Å². The van der Waals surface area contributed by atoms with Crippen LogP contribution in [0.25, 0.3) is 0 Å². The summed E-state index contributed by atoms with van der Waals surface area (Å²) in [5, 5.41) is 50.7. The molecule has 0 radical (unpaired) electrons. The van der Waals surface area contributed by atoms with Gasteiger partial charge in [-0.1, -0.05) is 6.92 Å². The Morgan fingerprint density at radius 1 is 1.00 bits per heavy atom. The number of hydrogen-bond acceptors (Lipinski definition) is 7. The first-order chi connectivity index (χ1) is 12.5. The van der Waals surface area contributed by atoms with Crippen LogP contribution in [-0.2, 0) is 11.2 Å². The third kappa shape index (κ3) is 2.93. The maximum Gasteiger partial charge on any atom is 0.138 e. The molecule has 2 aliphatic rings. The molecule has 2 aliphatic heterocycles. The fraction of sp³-hybridized carbons (Fsp3) is 0.700. The number of rotatable bonds is 2. The highest BCUT2D eigenvalue weighted by Gasteiger charge is 2.56. The summed E-state index contributed by atoms with van der Waals surface area (Å²) in [4.78, 5) is 0. The fourth-order valence-electron chi connectivity index (χ4n) is 4.30. The maximum absolute atomic E-state index is 10.6. The minimum Gasteiger partial charge on any atom is -0.507 e. The van der Waals surface area contributed by atoms with Gasteiger partial charge in [0.1, 0.15) is 47.6 Å². The average Bonchev–Trinajstić information content (AvgIpc) is 2.64. The summed E-state index contributed by atoms with van der Waals surface area (Å²) in [6, 6.07) is 0. The molecule has 0 aromatic heterocycles. The predicted molar refractivity (Wildman–Crippen MR) is 98.0 cm³/mol. The lowest BCUT2D eigenvalue weighted by atomic mass is 9.73. The fourth-order valence-corrected chi connectivity index (χ4v) is 4.30. The predicted octanol–water partition coefficient (Wildman–Crippen LogP) is 0.490. The monoisotopic (exact) mass is 382 g/mol. The zero-order valence-electron chi connectivity index (χ0n) is 16.4. The number of phenolic OH excluding ortho intramolecular Hbond substituents is 1. The van der Waals surface area contributed by atoms with E-state index in [4.69, 9.17) is 9.47 Å². The van der Waals surface area contributed by atoms with Crippen molar-refractivity contribution in [1.29, 1.82) is 0 Å². The van der Waals surface area contributed by atoms with Crippen LogP contribution in [-0.4, -0.2) is 68.3 Å². The maximum atomic E-state index is 10.6. The van der Waals surface area contributed by atoms with Crippen LogP contribution >= 0.6 is 0 Å². The summed E-state index contributed by atoms with van der Waals surface area (Å²) in [6.07, 6.45) is -5.53. The van der Waals surface area contributed by atoms with E-state index in [0.717, 1.165) is 22.3 Å². The Bertz CT molecular complexity index is 732. The van der Waals surface area contributed by atoms with Crippen LogP contribution < -0.4 is 4.74 Å². The lowest BCUT2D eigenvalue weighted by Gasteiger charge is -2.52. The smallest absolute Gasteiger partial charge is 0.138 e. The molecule has 1 saturated heterocycles. The number of aliphatic hydroxyl groups excluding tert-OH is 4. The Balaban J connectivity index is 2.05. The van der Waals surface area contributed by atoms with E-state index in [0.29, 0.717) is 12.2 Å². The topological polar surface area (TPSA) is 120 Å². The van der Waals surface area contributed by atoms with E-state index in [1.54, 1.807) is 0 Å². The first-order valence-electron chi connectivity index (χ1n) is 9.35. The number of fused-ring (bicyclic) bond motifs is 1. The highest BCUT2D eigenvalue weighted by atomic mass is 16.6. The molecule has 27 heavy (non-hydrogen) atoms. The van der Waals surface area contributed by atoms with Crippen LogP contribution in [0.2, 0.25) is 0 Å². The van der Waals surface area contributed by atoms with Crippen LogP contribution in [0.3, 0.4) is 0 Å². The largest absolute Gasteiger partial charge is 0.507 e. The molecule has 2 unspecified atom stereocenters. The molecule has 5 N–H and O–H groups in total. The summed E-state index contributed by atoms with van der Waals surface area (Å²) in [7, 11) is 0. The van der Waals surface area contributed by atoms with Crippen molar-refractivity contribution in [2.24, 2.45) is 5.92 Å². The second-order valence-corrected chi connectivity index (χ2v) is 8.17. The summed E-state index contributed by atoms with van der Waals surface area (Å²) < 4.78 is 12.2. The minimum absolute atomic E-state index is 0.119. The van der Waals surface area contributed by atoms with Crippen LogP contribution in [0.15, 0.2) is 0 Å². The number of aliphatic hydroxyl groups is 4. The summed E-state index contributed by atoms with van der Waals surface area (Å²) in [6.45, 7) is 8.84. The van der Waals surface area contributed by atoms with E-state index in [-0.39, 0.29) is 11.7 Å². The van der Waals surface area contributed by atoms with E-state index < -0.39 is 42.7 Å². The van der Waals surface area contributed by atoms with Gasteiger partial charge in [0.2, 0.25) is 0 Å². The normalized spacial score (nSPS) is 39.0. The van der Waals surface area contributed by atoms with Gasteiger partial charge in [0.25, 0.3) is 0 Å². The second-order valence-electron chi connectivity index (χ2n) is 8.17. The van der Waals surface area contributed by atoms with Crippen LogP contribution in [0, 0.1) is 26.7 Å². The van der Waals surface area contributed by atoms with Crippen LogP contribution in [0.1, 0.15) is 36.1 Å². The van der Waals surface area contributed by atoms with Gasteiger partial charge in [-0.3, -0.25) is 0 Å². The van der Waals surface area contributed by atoms with Gasteiger partial charge >= 0.3 is 0 Å². The molecule has 0 bridgehead atoms. The van der Waals surface area contributed by atoms with Gasteiger partial charge in [-0.15, -0.1) is 0 Å². The van der Waals surface area contributed by atoms with E-state index in [2.05, 4.69) is 0 Å².